The van der Waals surface area contributed by atoms with Crippen molar-refractivity contribution in [3.05, 3.63) is 12.3 Å². The lowest BCUT2D eigenvalue weighted by molar-refractivity contribution is 0.396. The summed E-state index contributed by atoms with van der Waals surface area (Å²) in [5.41, 5.74) is 5.95. The Morgan fingerprint density at radius 3 is 3.00 bits per heavy atom. The molecule has 2 unspecified atom stereocenters. The monoisotopic (exact) mass is 208 g/mol. The summed E-state index contributed by atoms with van der Waals surface area (Å²) in [4.78, 5) is 10.6. The van der Waals surface area contributed by atoms with Gasteiger partial charge in [-0.25, -0.2) is 4.98 Å². The number of ether oxygens (including phenoxy) is 1. The van der Waals surface area contributed by atoms with Gasteiger partial charge in [0.1, 0.15) is 0 Å². The first-order valence-electron chi connectivity index (χ1n) is 5.11. The normalized spacial score (nSPS) is 25.7. The van der Waals surface area contributed by atoms with E-state index < -0.39 is 0 Å². The number of hydrogen-bond acceptors (Lipinski definition) is 5. The minimum atomic E-state index is 0.208. The standard InChI is InChI=1S/C10H16N4O/c1-7-8(11)4-6-14(7)10-12-5-3-9(13-10)15-2/h3,5,7-8H,4,6,11H2,1-2H3. The number of nitrogens with zero attached hydrogens (tertiary/aromatic N) is 3. The van der Waals surface area contributed by atoms with Gasteiger partial charge in [-0.3, -0.25) is 0 Å². The number of nitrogens with two attached hydrogens (primary N) is 1. The average molecular weight is 208 g/mol. The predicted octanol–water partition coefficient (Wildman–Crippen LogP) is 0.411. The third kappa shape index (κ3) is 1.87. The lowest BCUT2D eigenvalue weighted by atomic mass is 10.2. The number of anilines is 1. The Morgan fingerprint density at radius 1 is 1.60 bits per heavy atom. The highest BCUT2D eigenvalue weighted by Crippen LogP contribution is 2.22. The Morgan fingerprint density at radius 2 is 2.40 bits per heavy atom. The van der Waals surface area contributed by atoms with Crippen LogP contribution in [0.2, 0.25) is 0 Å². The second-order valence-corrected chi connectivity index (χ2v) is 3.79. The van der Waals surface area contributed by atoms with Crippen LogP contribution in [0, 0.1) is 0 Å². The van der Waals surface area contributed by atoms with Gasteiger partial charge in [-0.05, 0) is 13.3 Å². The Bertz CT molecular complexity index is 344. The van der Waals surface area contributed by atoms with Crippen LogP contribution in [0.5, 0.6) is 5.88 Å². The van der Waals surface area contributed by atoms with Gasteiger partial charge in [-0.2, -0.15) is 4.98 Å². The highest BCUT2D eigenvalue weighted by Gasteiger charge is 2.29. The maximum absolute atomic E-state index is 5.95. The fourth-order valence-corrected chi connectivity index (χ4v) is 1.83. The highest BCUT2D eigenvalue weighted by molar-refractivity contribution is 5.36. The summed E-state index contributed by atoms with van der Waals surface area (Å²) >= 11 is 0. The van der Waals surface area contributed by atoms with Gasteiger partial charge in [0.05, 0.1) is 7.11 Å². The van der Waals surface area contributed by atoms with Gasteiger partial charge in [0.15, 0.2) is 0 Å². The fourth-order valence-electron chi connectivity index (χ4n) is 1.83. The first-order valence-corrected chi connectivity index (χ1v) is 5.11. The smallest absolute Gasteiger partial charge is 0.228 e. The summed E-state index contributed by atoms with van der Waals surface area (Å²) < 4.78 is 5.07. The van der Waals surface area contributed by atoms with E-state index in [4.69, 9.17) is 10.5 Å². The van der Waals surface area contributed by atoms with Crippen LogP contribution in [0.25, 0.3) is 0 Å². The molecule has 1 aliphatic rings. The summed E-state index contributed by atoms with van der Waals surface area (Å²) in [5.74, 6) is 1.29. The zero-order valence-corrected chi connectivity index (χ0v) is 9.05. The van der Waals surface area contributed by atoms with E-state index in [0.717, 1.165) is 13.0 Å². The van der Waals surface area contributed by atoms with Gasteiger partial charge < -0.3 is 15.4 Å². The van der Waals surface area contributed by atoms with Crippen LogP contribution in [-0.2, 0) is 0 Å². The molecule has 5 heteroatoms. The first kappa shape index (κ1) is 10.2. The minimum absolute atomic E-state index is 0.208. The van der Waals surface area contributed by atoms with E-state index >= 15 is 0 Å². The van der Waals surface area contributed by atoms with Crippen molar-refractivity contribution in [1.29, 1.82) is 0 Å². The Labute approximate surface area is 89.3 Å². The van der Waals surface area contributed by atoms with Crippen LogP contribution in [0.1, 0.15) is 13.3 Å². The summed E-state index contributed by atoms with van der Waals surface area (Å²) in [7, 11) is 1.60. The molecule has 1 saturated heterocycles. The molecule has 0 amide bonds. The van der Waals surface area contributed by atoms with Crippen molar-refractivity contribution in [3.8, 4) is 5.88 Å². The molecule has 0 saturated carbocycles. The molecule has 82 valence electrons. The molecule has 1 fully saturated rings. The van der Waals surface area contributed by atoms with Gasteiger partial charge in [0.2, 0.25) is 11.8 Å². The maximum Gasteiger partial charge on any atom is 0.228 e. The summed E-state index contributed by atoms with van der Waals surface area (Å²) in [6.07, 6.45) is 2.69. The predicted molar refractivity (Wildman–Crippen MR) is 58.0 cm³/mol. The third-order valence-electron chi connectivity index (χ3n) is 2.90. The molecule has 0 spiro atoms. The SMILES string of the molecule is COc1ccnc(N2CCC(N)C2C)n1. The van der Waals surface area contributed by atoms with E-state index in [1.165, 1.54) is 0 Å². The molecule has 2 atom stereocenters. The number of hydrogen-bond donors (Lipinski definition) is 1. The summed E-state index contributed by atoms with van der Waals surface area (Å²) in [6, 6.07) is 2.24. The maximum atomic E-state index is 5.95. The topological polar surface area (TPSA) is 64.3 Å². The van der Waals surface area contributed by atoms with E-state index in [1.54, 1.807) is 19.4 Å². The van der Waals surface area contributed by atoms with E-state index in [9.17, 15) is 0 Å². The molecule has 1 aromatic rings. The molecule has 0 aliphatic carbocycles. The average Bonchev–Trinajstić information content (AvgIpc) is 2.60. The van der Waals surface area contributed by atoms with Crippen molar-refractivity contribution in [2.45, 2.75) is 25.4 Å². The Balaban J connectivity index is 2.22. The molecule has 1 aromatic heterocycles. The second kappa shape index (κ2) is 4.02. The zero-order chi connectivity index (χ0) is 10.8. The lowest BCUT2D eigenvalue weighted by Crippen LogP contribution is -2.37. The molecule has 2 rings (SSSR count). The molecule has 0 bridgehead atoms. The van der Waals surface area contributed by atoms with E-state index in [1.807, 2.05) is 0 Å². The molecule has 0 aromatic carbocycles. The Hall–Kier alpha value is -1.36. The molecule has 0 radical (unpaired) electrons. The van der Waals surface area contributed by atoms with Crippen LogP contribution in [0.3, 0.4) is 0 Å². The van der Waals surface area contributed by atoms with Crippen molar-refractivity contribution in [1.82, 2.24) is 9.97 Å². The Kier molecular flexibility index (Phi) is 2.73. The van der Waals surface area contributed by atoms with Crippen molar-refractivity contribution in [3.63, 3.8) is 0 Å². The molecular formula is C10H16N4O. The third-order valence-corrected chi connectivity index (χ3v) is 2.90. The minimum Gasteiger partial charge on any atom is -0.481 e. The van der Waals surface area contributed by atoms with Crippen molar-refractivity contribution >= 4 is 5.95 Å². The largest absolute Gasteiger partial charge is 0.481 e. The molecule has 1 aliphatic heterocycles. The van der Waals surface area contributed by atoms with E-state index in [-0.39, 0.29) is 12.1 Å². The second-order valence-electron chi connectivity index (χ2n) is 3.79. The number of rotatable bonds is 2. The quantitative estimate of drug-likeness (QED) is 0.762. The summed E-state index contributed by atoms with van der Waals surface area (Å²) in [5, 5.41) is 0. The van der Waals surface area contributed by atoms with Crippen molar-refractivity contribution in [2.24, 2.45) is 5.73 Å². The number of methoxy groups -OCH3 is 1. The van der Waals surface area contributed by atoms with E-state index in [0.29, 0.717) is 11.8 Å². The summed E-state index contributed by atoms with van der Waals surface area (Å²) in [6.45, 7) is 3.01. The van der Waals surface area contributed by atoms with Crippen LogP contribution in [0.15, 0.2) is 12.3 Å². The van der Waals surface area contributed by atoms with Crippen LogP contribution in [0.4, 0.5) is 5.95 Å². The molecule has 15 heavy (non-hydrogen) atoms. The van der Waals surface area contributed by atoms with Crippen LogP contribution in [-0.4, -0.2) is 35.7 Å². The molecule has 2 heterocycles. The molecule has 2 N–H and O–H groups in total. The van der Waals surface area contributed by atoms with Gasteiger partial charge >= 0.3 is 0 Å². The van der Waals surface area contributed by atoms with Gasteiger partial charge in [-0.1, -0.05) is 0 Å². The molecular weight excluding hydrogens is 192 g/mol. The first-order chi connectivity index (χ1) is 7.22. The van der Waals surface area contributed by atoms with Crippen LogP contribution < -0.4 is 15.4 Å². The fraction of sp³-hybridized carbons (Fsp3) is 0.600. The van der Waals surface area contributed by atoms with Crippen molar-refractivity contribution in [2.75, 3.05) is 18.6 Å². The van der Waals surface area contributed by atoms with Crippen LogP contribution >= 0.6 is 0 Å². The van der Waals surface area contributed by atoms with E-state index in [2.05, 4.69) is 21.8 Å². The van der Waals surface area contributed by atoms with Gasteiger partial charge in [0, 0.05) is 30.9 Å². The lowest BCUT2D eigenvalue weighted by Gasteiger charge is -2.22. The van der Waals surface area contributed by atoms with Gasteiger partial charge in [-0.15, -0.1) is 0 Å². The number of aromatic nitrogens is 2. The van der Waals surface area contributed by atoms with Gasteiger partial charge in [0.25, 0.3) is 0 Å². The van der Waals surface area contributed by atoms with Crippen molar-refractivity contribution < 1.29 is 4.74 Å². The zero-order valence-electron chi connectivity index (χ0n) is 9.05. The molecule has 5 nitrogen and oxygen atoms in total. The highest BCUT2D eigenvalue weighted by atomic mass is 16.5.